The predicted molar refractivity (Wildman–Crippen MR) is 111 cm³/mol. The lowest BCUT2D eigenvalue weighted by molar-refractivity contribution is -0.145. The molecule has 1 heterocycles. The van der Waals surface area contributed by atoms with Gasteiger partial charge in [-0.15, -0.1) is 23.7 Å². The molecular weight excluding hydrogens is 334 g/mol. The van der Waals surface area contributed by atoms with Gasteiger partial charge in [0, 0.05) is 50.1 Å². The number of esters is 1. The molecule has 0 radical (unpaired) electrons. The van der Waals surface area contributed by atoms with Gasteiger partial charge in [-0.1, -0.05) is 38.7 Å². The van der Waals surface area contributed by atoms with Crippen LogP contribution in [0.3, 0.4) is 0 Å². The third-order valence-electron chi connectivity index (χ3n) is 4.06. The molecule has 0 unspecified atom stereocenters. The van der Waals surface area contributed by atoms with Gasteiger partial charge in [-0.05, 0) is 25.3 Å². The second-order valence-electron chi connectivity index (χ2n) is 6.60. The Hall–Kier alpha value is -2.26. The average molecular weight is 368 g/mol. The van der Waals surface area contributed by atoms with Crippen molar-refractivity contribution in [3.8, 4) is 23.7 Å². The summed E-state index contributed by atoms with van der Waals surface area (Å²) in [7, 11) is 0. The Morgan fingerprint density at radius 1 is 0.926 bits per heavy atom. The summed E-state index contributed by atoms with van der Waals surface area (Å²) in [6.07, 6.45) is 15.6. The quantitative estimate of drug-likeness (QED) is 0.265. The summed E-state index contributed by atoms with van der Waals surface area (Å²) in [5.74, 6) is 12.6. The highest BCUT2D eigenvalue weighted by molar-refractivity contribution is 5.69. The van der Waals surface area contributed by atoms with Crippen molar-refractivity contribution >= 4 is 5.97 Å². The van der Waals surface area contributed by atoms with E-state index in [1.165, 1.54) is 25.7 Å². The Morgan fingerprint density at radius 2 is 1.59 bits per heavy atom. The number of ether oxygens (including phenoxy) is 1. The van der Waals surface area contributed by atoms with Crippen LogP contribution in [-0.4, -0.2) is 11.0 Å². The number of unbranched alkanes of at least 4 members (excludes halogenated alkanes) is 8. The van der Waals surface area contributed by atoms with Gasteiger partial charge in [-0.3, -0.25) is 9.78 Å². The number of hydrogen-bond donors (Lipinski definition) is 0. The summed E-state index contributed by atoms with van der Waals surface area (Å²) in [5.41, 5.74) is 0.929. The number of aromatic nitrogens is 1. The van der Waals surface area contributed by atoms with E-state index in [1.807, 2.05) is 12.1 Å². The molecule has 0 amide bonds. The maximum Gasteiger partial charge on any atom is 0.306 e. The van der Waals surface area contributed by atoms with E-state index in [-0.39, 0.29) is 5.97 Å². The van der Waals surface area contributed by atoms with Crippen LogP contribution in [0.1, 0.15) is 89.5 Å². The summed E-state index contributed by atoms with van der Waals surface area (Å²) in [4.78, 5) is 15.7. The predicted octanol–water partition coefficient (Wildman–Crippen LogP) is 5.83. The molecule has 3 heteroatoms. The van der Waals surface area contributed by atoms with Gasteiger partial charge in [0.2, 0.25) is 0 Å². The van der Waals surface area contributed by atoms with Gasteiger partial charge in [0.15, 0.2) is 0 Å². The van der Waals surface area contributed by atoms with E-state index < -0.39 is 0 Å². The van der Waals surface area contributed by atoms with Crippen molar-refractivity contribution in [1.29, 1.82) is 0 Å². The molecule has 1 rings (SSSR count). The molecule has 0 saturated heterocycles. The summed E-state index contributed by atoms with van der Waals surface area (Å²) >= 11 is 0. The smallest absolute Gasteiger partial charge is 0.306 e. The van der Waals surface area contributed by atoms with Gasteiger partial charge >= 0.3 is 5.97 Å². The standard InChI is InChI=1S/C24H33NO2/c1-2-3-4-5-6-7-8-9-10-11-12-13-14-15-16-19-24(26)27-22-23-18-17-20-25-21-23/h17-18,20-21H,2-3,6-7,10-16,19,22H2,1H3. The van der Waals surface area contributed by atoms with Gasteiger partial charge in [-0.2, -0.15) is 0 Å². The lowest BCUT2D eigenvalue weighted by Gasteiger charge is -2.04. The zero-order chi connectivity index (χ0) is 19.4. The van der Waals surface area contributed by atoms with Crippen molar-refractivity contribution in [2.45, 2.75) is 90.6 Å². The topological polar surface area (TPSA) is 39.2 Å². The first kappa shape index (κ1) is 22.8. The fourth-order valence-electron chi connectivity index (χ4n) is 2.51. The molecule has 0 atom stereocenters. The molecule has 0 aliphatic carbocycles. The molecule has 1 aromatic heterocycles. The van der Waals surface area contributed by atoms with Crippen LogP contribution in [0.25, 0.3) is 0 Å². The lowest BCUT2D eigenvalue weighted by Crippen LogP contribution is -2.04. The third-order valence-corrected chi connectivity index (χ3v) is 4.06. The van der Waals surface area contributed by atoms with Crippen LogP contribution in [0.15, 0.2) is 24.5 Å². The zero-order valence-corrected chi connectivity index (χ0v) is 16.8. The van der Waals surface area contributed by atoms with E-state index in [2.05, 4.69) is 35.6 Å². The maximum atomic E-state index is 11.7. The van der Waals surface area contributed by atoms with Crippen molar-refractivity contribution < 1.29 is 9.53 Å². The van der Waals surface area contributed by atoms with Crippen molar-refractivity contribution in [3.05, 3.63) is 30.1 Å². The lowest BCUT2D eigenvalue weighted by atomic mass is 10.1. The SMILES string of the molecule is CCCC#CCCC#CCCCCCCCCC(=O)OCc1cccnc1. The highest BCUT2D eigenvalue weighted by Gasteiger charge is 2.03. The van der Waals surface area contributed by atoms with E-state index in [0.29, 0.717) is 13.0 Å². The minimum Gasteiger partial charge on any atom is -0.461 e. The number of carbonyl (C=O) groups is 1. The second kappa shape index (κ2) is 17.2. The molecule has 0 saturated carbocycles. The van der Waals surface area contributed by atoms with E-state index in [9.17, 15) is 4.79 Å². The molecule has 0 bridgehead atoms. The fraction of sp³-hybridized carbons (Fsp3) is 0.583. The summed E-state index contributed by atoms with van der Waals surface area (Å²) in [6, 6.07) is 3.75. The molecule has 1 aromatic rings. The number of nitrogens with zero attached hydrogens (tertiary/aromatic N) is 1. The molecule has 0 aromatic carbocycles. The summed E-state index contributed by atoms with van der Waals surface area (Å²) < 4.78 is 5.24. The Morgan fingerprint density at radius 3 is 2.30 bits per heavy atom. The highest BCUT2D eigenvalue weighted by atomic mass is 16.5. The minimum atomic E-state index is -0.117. The summed E-state index contributed by atoms with van der Waals surface area (Å²) in [6.45, 7) is 2.47. The van der Waals surface area contributed by atoms with Crippen molar-refractivity contribution in [2.24, 2.45) is 0 Å². The molecule has 0 aliphatic rings. The highest BCUT2D eigenvalue weighted by Crippen LogP contribution is 2.09. The largest absolute Gasteiger partial charge is 0.461 e. The molecular formula is C24H33NO2. The first-order valence-corrected chi connectivity index (χ1v) is 10.3. The van der Waals surface area contributed by atoms with E-state index in [0.717, 1.165) is 50.5 Å². The molecule has 0 fully saturated rings. The normalized spacial score (nSPS) is 9.67. The molecule has 3 nitrogen and oxygen atoms in total. The monoisotopic (exact) mass is 367 g/mol. The fourth-order valence-corrected chi connectivity index (χ4v) is 2.51. The first-order chi connectivity index (χ1) is 13.3. The Balaban J connectivity index is 1.86. The number of rotatable bonds is 12. The van der Waals surface area contributed by atoms with Gasteiger partial charge in [-0.25, -0.2) is 0 Å². The third kappa shape index (κ3) is 14.6. The van der Waals surface area contributed by atoms with Gasteiger partial charge < -0.3 is 4.74 Å². The van der Waals surface area contributed by atoms with Crippen LogP contribution in [0, 0.1) is 23.7 Å². The van der Waals surface area contributed by atoms with Gasteiger partial charge in [0.1, 0.15) is 6.61 Å². The second-order valence-corrected chi connectivity index (χ2v) is 6.60. The van der Waals surface area contributed by atoms with Crippen molar-refractivity contribution in [1.82, 2.24) is 4.98 Å². The Kier molecular flexibility index (Phi) is 14.5. The average Bonchev–Trinajstić information content (AvgIpc) is 2.70. The van der Waals surface area contributed by atoms with E-state index >= 15 is 0 Å². The van der Waals surface area contributed by atoms with Crippen LogP contribution in [0.2, 0.25) is 0 Å². The molecule has 0 N–H and O–H groups in total. The number of hydrogen-bond acceptors (Lipinski definition) is 3. The minimum absolute atomic E-state index is 0.117. The molecule has 0 spiro atoms. The van der Waals surface area contributed by atoms with Crippen LogP contribution < -0.4 is 0 Å². The van der Waals surface area contributed by atoms with Gasteiger partial charge in [0.25, 0.3) is 0 Å². The Bertz CT molecular complexity index is 617. The number of carbonyl (C=O) groups excluding carboxylic acids is 1. The zero-order valence-electron chi connectivity index (χ0n) is 16.8. The molecule has 0 aliphatic heterocycles. The number of pyridine rings is 1. The van der Waals surface area contributed by atoms with Crippen LogP contribution >= 0.6 is 0 Å². The van der Waals surface area contributed by atoms with Crippen LogP contribution in [0.4, 0.5) is 0 Å². The van der Waals surface area contributed by atoms with Crippen LogP contribution in [0.5, 0.6) is 0 Å². The summed E-state index contributed by atoms with van der Waals surface area (Å²) in [5, 5.41) is 0. The first-order valence-electron chi connectivity index (χ1n) is 10.3. The van der Waals surface area contributed by atoms with Gasteiger partial charge in [0.05, 0.1) is 0 Å². The maximum absolute atomic E-state index is 11.7. The van der Waals surface area contributed by atoms with Crippen molar-refractivity contribution in [3.63, 3.8) is 0 Å². The van der Waals surface area contributed by atoms with Crippen LogP contribution in [-0.2, 0) is 16.1 Å². The van der Waals surface area contributed by atoms with Crippen molar-refractivity contribution in [2.75, 3.05) is 0 Å². The van der Waals surface area contributed by atoms with E-state index in [4.69, 9.17) is 4.74 Å². The molecule has 146 valence electrons. The van der Waals surface area contributed by atoms with E-state index in [1.54, 1.807) is 12.4 Å². The Labute approximate surface area is 165 Å². The molecule has 27 heavy (non-hydrogen) atoms.